The van der Waals surface area contributed by atoms with Gasteiger partial charge < -0.3 is 4.90 Å². The number of amides is 5. The molecule has 0 spiro atoms. The minimum Gasteiger partial charge on any atom is -0.343 e. The minimum atomic E-state index is -0.619. The van der Waals surface area contributed by atoms with Crippen LogP contribution < -0.4 is 0 Å². The van der Waals surface area contributed by atoms with Gasteiger partial charge in [-0.2, -0.15) is 0 Å². The molecule has 144 valence electrons. The number of hydrogen-bond acceptors (Lipinski definition) is 4. The quantitative estimate of drug-likeness (QED) is 0.678. The first kappa shape index (κ1) is 19.0. The number of benzene rings is 1. The summed E-state index contributed by atoms with van der Waals surface area (Å²) in [6.45, 7) is 1.53. The highest BCUT2D eigenvalue weighted by atomic mass is 19.1. The maximum absolute atomic E-state index is 13.0. The highest BCUT2D eigenvalue weighted by Gasteiger charge is 2.37. The number of hydrogen-bond donors (Lipinski definition) is 0. The van der Waals surface area contributed by atoms with Crippen molar-refractivity contribution in [1.82, 2.24) is 14.7 Å². The van der Waals surface area contributed by atoms with Crippen LogP contribution in [-0.2, 0) is 20.8 Å². The number of barbiturate groups is 1. The van der Waals surface area contributed by atoms with E-state index in [0.29, 0.717) is 32.4 Å². The van der Waals surface area contributed by atoms with E-state index in [9.17, 15) is 23.6 Å². The zero-order valence-electron chi connectivity index (χ0n) is 15.0. The van der Waals surface area contributed by atoms with Crippen LogP contribution in [-0.4, -0.2) is 64.6 Å². The summed E-state index contributed by atoms with van der Waals surface area (Å²) >= 11 is 0. The highest BCUT2D eigenvalue weighted by Crippen LogP contribution is 2.15. The van der Waals surface area contributed by atoms with Crippen LogP contribution in [0.4, 0.5) is 9.18 Å². The Labute approximate surface area is 156 Å². The molecular formula is C19H22FN3O4. The molecule has 8 heteroatoms. The molecule has 2 saturated heterocycles. The second-order valence-corrected chi connectivity index (χ2v) is 6.76. The monoisotopic (exact) mass is 375 g/mol. The topological polar surface area (TPSA) is 78.0 Å². The van der Waals surface area contributed by atoms with Gasteiger partial charge in [0, 0.05) is 32.6 Å². The molecule has 0 unspecified atom stereocenters. The van der Waals surface area contributed by atoms with Crippen LogP contribution in [0, 0.1) is 5.82 Å². The lowest BCUT2D eigenvalue weighted by atomic mass is 10.1. The number of halogens is 1. The zero-order valence-corrected chi connectivity index (χ0v) is 15.0. The van der Waals surface area contributed by atoms with Gasteiger partial charge in [0.2, 0.25) is 17.7 Å². The molecule has 0 atom stereocenters. The van der Waals surface area contributed by atoms with Crippen molar-refractivity contribution < 1.29 is 23.6 Å². The fourth-order valence-corrected chi connectivity index (χ4v) is 3.37. The van der Waals surface area contributed by atoms with Crippen LogP contribution in [0.1, 0.15) is 31.2 Å². The van der Waals surface area contributed by atoms with Crippen molar-refractivity contribution in [3.05, 3.63) is 35.6 Å². The molecule has 0 bridgehead atoms. The summed E-state index contributed by atoms with van der Waals surface area (Å²) in [7, 11) is 0. The van der Waals surface area contributed by atoms with Crippen LogP contribution >= 0.6 is 0 Å². The van der Waals surface area contributed by atoms with Gasteiger partial charge in [0.15, 0.2) is 0 Å². The molecule has 0 aliphatic carbocycles. The molecule has 0 aromatic heterocycles. The Morgan fingerprint density at radius 1 is 0.852 bits per heavy atom. The van der Waals surface area contributed by atoms with Crippen molar-refractivity contribution in [2.45, 2.75) is 32.1 Å². The number of rotatable bonds is 7. The first-order valence-corrected chi connectivity index (χ1v) is 9.12. The molecule has 0 saturated carbocycles. The van der Waals surface area contributed by atoms with E-state index in [0.717, 1.165) is 21.8 Å². The van der Waals surface area contributed by atoms with E-state index in [1.165, 1.54) is 12.1 Å². The standard InChI is InChI=1S/C19H22FN3O4/c20-15-6-4-14(5-7-15)8-12-23-18(26)13-17(25)22(19(23)27)11-2-10-21-9-1-3-16(21)24/h4-7H,1-3,8-13H2. The Kier molecular flexibility index (Phi) is 5.83. The molecule has 2 heterocycles. The molecule has 2 aliphatic heterocycles. The van der Waals surface area contributed by atoms with E-state index in [-0.39, 0.29) is 31.2 Å². The van der Waals surface area contributed by atoms with E-state index in [4.69, 9.17) is 0 Å². The van der Waals surface area contributed by atoms with Gasteiger partial charge in [-0.3, -0.25) is 24.2 Å². The number of likely N-dealkylation sites (tertiary alicyclic amines) is 1. The molecule has 3 rings (SSSR count). The summed E-state index contributed by atoms with van der Waals surface area (Å²) in [5.41, 5.74) is 0.799. The average Bonchev–Trinajstić information content (AvgIpc) is 3.04. The van der Waals surface area contributed by atoms with E-state index < -0.39 is 17.8 Å². The molecule has 7 nitrogen and oxygen atoms in total. The van der Waals surface area contributed by atoms with Crippen molar-refractivity contribution in [3.8, 4) is 0 Å². The molecule has 2 aliphatic rings. The molecule has 1 aromatic carbocycles. The van der Waals surface area contributed by atoms with Gasteiger partial charge in [0.25, 0.3) is 0 Å². The fourth-order valence-electron chi connectivity index (χ4n) is 3.37. The van der Waals surface area contributed by atoms with Crippen LogP contribution in [0.25, 0.3) is 0 Å². The predicted molar refractivity (Wildman–Crippen MR) is 94.0 cm³/mol. The molecular weight excluding hydrogens is 353 g/mol. The minimum absolute atomic E-state index is 0.0994. The molecule has 0 radical (unpaired) electrons. The predicted octanol–water partition coefficient (Wildman–Crippen LogP) is 1.56. The van der Waals surface area contributed by atoms with Gasteiger partial charge in [0.1, 0.15) is 12.2 Å². The lowest BCUT2D eigenvalue weighted by molar-refractivity contribution is -0.142. The second-order valence-electron chi connectivity index (χ2n) is 6.76. The summed E-state index contributed by atoms with van der Waals surface area (Å²) < 4.78 is 13.0. The first-order chi connectivity index (χ1) is 13.0. The van der Waals surface area contributed by atoms with E-state index in [1.54, 1.807) is 17.0 Å². The Morgan fingerprint density at radius 3 is 2.15 bits per heavy atom. The fraction of sp³-hybridized carbons (Fsp3) is 0.474. The van der Waals surface area contributed by atoms with Gasteiger partial charge in [-0.25, -0.2) is 9.18 Å². The van der Waals surface area contributed by atoms with E-state index in [1.807, 2.05) is 0 Å². The summed E-state index contributed by atoms with van der Waals surface area (Å²) in [5, 5.41) is 0. The second kappa shape index (κ2) is 8.28. The van der Waals surface area contributed by atoms with Gasteiger partial charge in [0.05, 0.1) is 0 Å². The van der Waals surface area contributed by atoms with Crippen molar-refractivity contribution in [2.75, 3.05) is 26.2 Å². The normalized spacial score (nSPS) is 18.0. The van der Waals surface area contributed by atoms with Crippen molar-refractivity contribution >= 4 is 23.8 Å². The van der Waals surface area contributed by atoms with Crippen LogP contribution in [0.3, 0.4) is 0 Å². The Morgan fingerprint density at radius 2 is 1.52 bits per heavy atom. The number of carbonyl (C=O) groups is 4. The highest BCUT2D eigenvalue weighted by molar-refractivity contribution is 6.14. The number of carbonyl (C=O) groups excluding carboxylic acids is 4. The number of imide groups is 2. The molecule has 0 N–H and O–H groups in total. The van der Waals surface area contributed by atoms with Gasteiger partial charge in [-0.15, -0.1) is 0 Å². The summed E-state index contributed by atoms with van der Waals surface area (Å²) in [5.74, 6) is -1.27. The number of nitrogens with zero attached hydrogens (tertiary/aromatic N) is 3. The smallest absolute Gasteiger partial charge is 0.333 e. The lowest BCUT2D eigenvalue weighted by Crippen LogP contribution is -2.55. The summed E-state index contributed by atoms with van der Waals surface area (Å²) in [4.78, 5) is 52.3. The Hall–Kier alpha value is -2.77. The third kappa shape index (κ3) is 4.50. The van der Waals surface area contributed by atoms with E-state index >= 15 is 0 Å². The lowest BCUT2D eigenvalue weighted by Gasteiger charge is -2.33. The molecule has 1 aromatic rings. The van der Waals surface area contributed by atoms with Crippen molar-refractivity contribution in [2.24, 2.45) is 0 Å². The third-order valence-electron chi connectivity index (χ3n) is 4.88. The molecule has 2 fully saturated rings. The average molecular weight is 375 g/mol. The maximum Gasteiger partial charge on any atom is 0.333 e. The molecule has 5 amide bonds. The van der Waals surface area contributed by atoms with Gasteiger partial charge >= 0.3 is 6.03 Å². The summed E-state index contributed by atoms with van der Waals surface area (Å²) in [6.07, 6.45) is 1.93. The maximum atomic E-state index is 13.0. The zero-order chi connectivity index (χ0) is 19.4. The SMILES string of the molecule is O=C1CCCN1CCCN1C(=O)CC(=O)N(CCc2ccc(F)cc2)C1=O. The first-order valence-electron chi connectivity index (χ1n) is 9.12. The van der Waals surface area contributed by atoms with Crippen molar-refractivity contribution in [3.63, 3.8) is 0 Å². The largest absolute Gasteiger partial charge is 0.343 e. The van der Waals surface area contributed by atoms with Crippen LogP contribution in [0.2, 0.25) is 0 Å². The van der Waals surface area contributed by atoms with Crippen LogP contribution in [0.15, 0.2) is 24.3 Å². The third-order valence-corrected chi connectivity index (χ3v) is 4.88. The van der Waals surface area contributed by atoms with Crippen molar-refractivity contribution in [1.29, 1.82) is 0 Å². The molecule has 27 heavy (non-hydrogen) atoms. The summed E-state index contributed by atoms with van der Waals surface area (Å²) in [6, 6.07) is 5.23. The Bertz CT molecular complexity index is 750. The number of urea groups is 1. The van der Waals surface area contributed by atoms with Gasteiger partial charge in [-0.05, 0) is 37.0 Å². The van der Waals surface area contributed by atoms with E-state index in [2.05, 4.69) is 0 Å². The van der Waals surface area contributed by atoms with Crippen LogP contribution in [0.5, 0.6) is 0 Å². The Balaban J connectivity index is 1.55. The van der Waals surface area contributed by atoms with Gasteiger partial charge in [-0.1, -0.05) is 12.1 Å².